The van der Waals surface area contributed by atoms with Crippen molar-refractivity contribution in [2.75, 3.05) is 12.4 Å². The maximum absolute atomic E-state index is 14.1. The van der Waals surface area contributed by atoms with Gasteiger partial charge in [-0.05, 0) is 80.5 Å². The van der Waals surface area contributed by atoms with Gasteiger partial charge in [-0.1, -0.05) is 48.0 Å². The van der Waals surface area contributed by atoms with E-state index in [1.54, 1.807) is 7.11 Å². The molecular weight excluding hydrogens is 470 g/mol. The van der Waals surface area contributed by atoms with Gasteiger partial charge in [0.05, 0.1) is 12.8 Å². The van der Waals surface area contributed by atoms with Crippen molar-refractivity contribution in [2.24, 2.45) is 0 Å². The number of anilines is 1. The first kappa shape index (κ1) is 24.1. The molecule has 1 aliphatic heterocycles. The largest absolute Gasteiger partial charge is 0.497 e. The number of nitrogens with one attached hydrogen (secondary N) is 1. The van der Waals surface area contributed by atoms with E-state index in [1.807, 2.05) is 24.3 Å². The Bertz CT molecular complexity index is 1670. The molecule has 0 aliphatic carbocycles. The molecule has 0 saturated heterocycles. The summed E-state index contributed by atoms with van der Waals surface area (Å²) in [7, 11) is 1.63. The van der Waals surface area contributed by atoms with Gasteiger partial charge in [-0.25, -0.2) is 0 Å². The van der Waals surface area contributed by atoms with Crippen molar-refractivity contribution in [2.45, 2.75) is 46.6 Å². The zero-order chi connectivity index (χ0) is 26.4. The summed E-state index contributed by atoms with van der Waals surface area (Å²) in [5.74, 6) is 0.583. The van der Waals surface area contributed by atoms with E-state index in [-0.39, 0.29) is 5.91 Å². The molecule has 0 bridgehead atoms. The molecule has 0 fully saturated rings. The molecule has 0 spiro atoms. The van der Waals surface area contributed by atoms with Crippen LogP contribution in [0.15, 0.2) is 72.9 Å². The highest BCUT2D eigenvalue weighted by atomic mass is 16.5. The summed E-state index contributed by atoms with van der Waals surface area (Å²) >= 11 is 0. The Morgan fingerprint density at radius 1 is 0.895 bits per heavy atom. The number of carbonyl (C=O) groups excluding carboxylic acids is 1. The van der Waals surface area contributed by atoms with Gasteiger partial charge in [0.2, 0.25) is 0 Å². The Labute approximate surface area is 223 Å². The van der Waals surface area contributed by atoms with Crippen LogP contribution in [0.25, 0.3) is 28.0 Å². The predicted molar refractivity (Wildman–Crippen MR) is 154 cm³/mol. The van der Waals surface area contributed by atoms with Crippen LogP contribution in [0.2, 0.25) is 0 Å². The van der Waals surface area contributed by atoms with Gasteiger partial charge in [-0.2, -0.15) is 0 Å². The number of aryl methyl sites for hydroxylation is 5. The third kappa shape index (κ3) is 4.08. The summed E-state index contributed by atoms with van der Waals surface area (Å²) in [4.78, 5) is 14.1. The minimum absolute atomic E-state index is 0.126. The Morgan fingerprint density at radius 2 is 1.68 bits per heavy atom. The number of benzene rings is 3. The highest BCUT2D eigenvalue weighted by Crippen LogP contribution is 2.40. The van der Waals surface area contributed by atoms with Gasteiger partial charge in [-0.15, -0.1) is 0 Å². The van der Waals surface area contributed by atoms with Crippen molar-refractivity contribution in [1.29, 1.82) is 0 Å². The first-order valence-corrected chi connectivity index (χ1v) is 13.3. The minimum atomic E-state index is -0.126. The summed E-state index contributed by atoms with van der Waals surface area (Å²) in [6.07, 6.45) is 5.29. The van der Waals surface area contributed by atoms with Gasteiger partial charge >= 0.3 is 0 Å². The highest BCUT2D eigenvalue weighted by Gasteiger charge is 2.29. The summed E-state index contributed by atoms with van der Waals surface area (Å²) in [5, 5.41) is 3.16. The van der Waals surface area contributed by atoms with E-state index in [2.05, 4.69) is 83.7 Å². The van der Waals surface area contributed by atoms with Crippen molar-refractivity contribution >= 4 is 17.2 Å². The molecule has 1 amide bonds. The second-order valence-electron chi connectivity index (χ2n) is 10.4. The van der Waals surface area contributed by atoms with E-state index in [4.69, 9.17) is 4.74 Å². The van der Waals surface area contributed by atoms with E-state index < -0.39 is 0 Å². The van der Waals surface area contributed by atoms with Crippen LogP contribution in [0.4, 0.5) is 5.69 Å². The molecule has 5 nitrogen and oxygen atoms in total. The summed E-state index contributed by atoms with van der Waals surface area (Å²) in [6, 6.07) is 22.7. The van der Waals surface area contributed by atoms with Crippen molar-refractivity contribution in [3.05, 3.63) is 101 Å². The van der Waals surface area contributed by atoms with Crippen molar-refractivity contribution < 1.29 is 9.53 Å². The molecule has 0 saturated carbocycles. The molecule has 5 aromatic rings. The number of nitrogens with zero attached hydrogens (tertiary/aromatic N) is 2. The Balaban J connectivity index is 1.59. The fourth-order valence-electron chi connectivity index (χ4n) is 5.66. The molecule has 3 heterocycles. The van der Waals surface area contributed by atoms with Crippen LogP contribution >= 0.6 is 0 Å². The molecule has 0 atom stereocenters. The van der Waals surface area contributed by atoms with Gasteiger partial charge in [0.25, 0.3) is 5.91 Å². The number of ether oxygens (including phenoxy) is 1. The summed E-state index contributed by atoms with van der Waals surface area (Å²) in [6.45, 7) is 7.32. The molecule has 1 N–H and O–H groups in total. The molecule has 5 heteroatoms. The van der Waals surface area contributed by atoms with E-state index in [0.29, 0.717) is 17.1 Å². The molecule has 38 heavy (non-hydrogen) atoms. The van der Waals surface area contributed by atoms with Gasteiger partial charge in [0.1, 0.15) is 17.1 Å². The molecule has 2 aromatic heterocycles. The number of hydrogen-bond acceptors (Lipinski definition) is 2. The van der Waals surface area contributed by atoms with Crippen molar-refractivity contribution in [3.63, 3.8) is 0 Å². The first-order valence-electron chi connectivity index (χ1n) is 13.3. The van der Waals surface area contributed by atoms with Gasteiger partial charge in [0.15, 0.2) is 0 Å². The third-order valence-corrected chi connectivity index (χ3v) is 7.82. The summed E-state index contributed by atoms with van der Waals surface area (Å²) in [5.41, 5.74) is 11.9. The zero-order valence-electron chi connectivity index (χ0n) is 22.5. The predicted octanol–water partition coefficient (Wildman–Crippen LogP) is 7.60. The number of hydrogen-bond donors (Lipinski definition) is 1. The van der Waals surface area contributed by atoms with E-state index in [9.17, 15) is 4.79 Å². The van der Waals surface area contributed by atoms with Crippen LogP contribution < -0.4 is 10.1 Å². The van der Waals surface area contributed by atoms with Crippen LogP contribution in [0, 0.1) is 20.8 Å². The monoisotopic (exact) mass is 503 g/mol. The standard InChI is InChI=1S/C33H33N3O2/c1-21-11-14-24(15-12-21)30-28-10-5-6-17-35-29(25-16-13-22(2)23(3)18-25)20-36(33(28)35)31(30)32(37)34-26-8-7-9-27(19-26)38-4/h7-9,11-16,18-20H,5-6,10,17H2,1-4H3,(H,34,37). The first-order chi connectivity index (χ1) is 18.4. The maximum Gasteiger partial charge on any atom is 0.273 e. The topological polar surface area (TPSA) is 47.7 Å². The molecule has 1 aliphatic rings. The number of carbonyl (C=O) groups is 1. The lowest BCUT2D eigenvalue weighted by molar-refractivity contribution is 0.102. The fourth-order valence-corrected chi connectivity index (χ4v) is 5.66. The molecule has 192 valence electrons. The molecule has 0 radical (unpaired) electrons. The lowest BCUT2D eigenvalue weighted by Crippen LogP contribution is -2.15. The number of rotatable bonds is 5. The quantitative estimate of drug-likeness (QED) is 0.268. The van der Waals surface area contributed by atoms with E-state index >= 15 is 0 Å². The van der Waals surface area contributed by atoms with E-state index in [0.717, 1.165) is 48.3 Å². The average molecular weight is 504 g/mol. The second kappa shape index (κ2) is 9.56. The number of amides is 1. The lowest BCUT2D eigenvalue weighted by Gasteiger charge is -2.11. The van der Waals surface area contributed by atoms with Crippen molar-refractivity contribution in [1.82, 2.24) is 8.97 Å². The van der Waals surface area contributed by atoms with Gasteiger partial charge in [-0.3, -0.25) is 9.20 Å². The smallest absolute Gasteiger partial charge is 0.273 e. The Hall–Kier alpha value is -4.25. The van der Waals surface area contributed by atoms with E-state index in [1.165, 1.54) is 27.8 Å². The number of methoxy groups -OCH3 is 1. The van der Waals surface area contributed by atoms with Crippen molar-refractivity contribution in [3.8, 4) is 28.1 Å². The van der Waals surface area contributed by atoms with Crippen LogP contribution in [-0.4, -0.2) is 22.0 Å². The zero-order valence-corrected chi connectivity index (χ0v) is 22.5. The Kier molecular flexibility index (Phi) is 6.07. The normalized spacial score (nSPS) is 12.9. The van der Waals surface area contributed by atoms with Crippen LogP contribution in [-0.2, 0) is 13.0 Å². The third-order valence-electron chi connectivity index (χ3n) is 7.82. The minimum Gasteiger partial charge on any atom is -0.497 e. The SMILES string of the molecule is COc1cccc(NC(=O)c2c(-c3ccc(C)cc3)c3c4n(c(-c5ccc(C)c(C)c5)cn24)CCCC3)c1. The maximum atomic E-state index is 14.1. The molecule has 6 rings (SSSR count). The number of imidazole rings is 1. The van der Waals surface area contributed by atoms with Gasteiger partial charge in [0, 0.05) is 35.6 Å². The molecular formula is C33H33N3O2. The molecule has 0 unspecified atom stereocenters. The summed E-state index contributed by atoms with van der Waals surface area (Å²) < 4.78 is 9.94. The highest BCUT2D eigenvalue weighted by molar-refractivity contribution is 6.10. The van der Waals surface area contributed by atoms with Crippen LogP contribution in [0.1, 0.15) is 45.6 Å². The average Bonchev–Trinajstić information content (AvgIpc) is 3.33. The lowest BCUT2D eigenvalue weighted by atomic mass is 9.97. The Morgan fingerprint density at radius 3 is 2.45 bits per heavy atom. The number of aromatic nitrogens is 2. The second-order valence-corrected chi connectivity index (χ2v) is 10.4. The van der Waals surface area contributed by atoms with Gasteiger partial charge < -0.3 is 14.6 Å². The van der Waals surface area contributed by atoms with Crippen LogP contribution in [0.3, 0.4) is 0 Å². The fraction of sp³-hybridized carbons (Fsp3) is 0.242. The molecule has 3 aromatic carbocycles. The van der Waals surface area contributed by atoms with Crippen LogP contribution in [0.5, 0.6) is 5.75 Å².